The first kappa shape index (κ1) is 6.09. The molecular weight excluding hydrogens is 92.1 g/mol. The highest BCUT2D eigenvalue weighted by Gasteiger charge is 1.43. The Bertz CT molecular complexity index is 86.1. The third-order valence-corrected chi connectivity index (χ3v) is 2.11. The molecule has 0 fully saturated rings. The van der Waals surface area contributed by atoms with E-state index in [0.29, 0.717) is 10.1 Å². The second-order valence-electron chi connectivity index (χ2n) is 1.06. The van der Waals surface area contributed by atoms with Gasteiger partial charge >= 0.3 is 0 Å². The van der Waals surface area contributed by atoms with E-state index in [0.717, 1.165) is 0 Å². The van der Waals surface area contributed by atoms with Crippen LogP contribution in [0.25, 0.3) is 0 Å². The molecule has 0 unspecified atom stereocenters. The van der Waals surface area contributed by atoms with Crippen LogP contribution in [-0.2, 0) is 10.1 Å². The van der Waals surface area contributed by atoms with Gasteiger partial charge in [-0.2, -0.15) is 0 Å². The van der Waals surface area contributed by atoms with Gasteiger partial charge in [-0.25, -0.2) is 11.2 Å². The Kier molecular flexibility index (Phi) is 3.34. The summed E-state index contributed by atoms with van der Waals surface area (Å²) in [5.74, 6) is 5.04. The van der Waals surface area contributed by atoms with Gasteiger partial charge < -0.3 is 10.1 Å². The van der Waals surface area contributed by atoms with E-state index in [9.17, 15) is 0 Å². The Labute approximate surface area is 41.7 Å². The first-order chi connectivity index (χ1) is 2.81. The highest BCUT2D eigenvalue weighted by molar-refractivity contribution is 7.92. The molecule has 0 heterocycles. The fraction of sp³-hybridized carbons (Fsp3) is 0.600. The lowest BCUT2D eigenvalue weighted by Gasteiger charge is -1.96. The van der Waals surface area contributed by atoms with E-state index in [2.05, 4.69) is 25.1 Å². The maximum Gasteiger partial charge on any atom is -0.0709 e. The van der Waals surface area contributed by atoms with Crippen molar-refractivity contribution in [1.82, 2.24) is 0 Å². The van der Waals surface area contributed by atoms with E-state index < -0.39 is 0 Å². The van der Waals surface area contributed by atoms with Crippen LogP contribution in [0.2, 0.25) is 0 Å². The molecule has 0 aliphatic rings. The highest BCUT2D eigenvalue weighted by Crippen LogP contribution is 1.60. The zero-order chi connectivity index (χ0) is 4.99. The second-order valence-corrected chi connectivity index (χ2v) is 3.19. The second kappa shape index (κ2) is 3.29. The van der Waals surface area contributed by atoms with Gasteiger partial charge in [0.25, 0.3) is 0 Å². The van der Waals surface area contributed by atoms with Crippen molar-refractivity contribution in [3.05, 3.63) is 0 Å². The van der Waals surface area contributed by atoms with Gasteiger partial charge in [-0.3, -0.25) is 0 Å². The Balaban J connectivity index is 3.54. The molecule has 0 nitrogen and oxygen atoms in total. The van der Waals surface area contributed by atoms with Crippen LogP contribution in [0.1, 0.15) is 13.8 Å². The largest absolute Gasteiger partial charge is 0.482 e. The van der Waals surface area contributed by atoms with Gasteiger partial charge in [0.15, 0.2) is 0 Å². The summed E-state index contributed by atoms with van der Waals surface area (Å²) in [5.41, 5.74) is 0. The normalized spacial score (nSPS) is 15.0. The van der Waals surface area contributed by atoms with Crippen molar-refractivity contribution in [2.45, 2.75) is 13.8 Å². The molecule has 0 atom stereocenters. The third kappa shape index (κ3) is 2.33. The zero-order valence-corrected chi connectivity index (χ0v) is 5.22. The highest BCUT2D eigenvalue weighted by atomic mass is 32.2. The Morgan fingerprint density at radius 1 is 1.83 bits per heavy atom. The molecule has 0 spiro atoms. The molecule has 0 aliphatic carbocycles. The number of hydrogen-bond donors (Lipinski definition) is 0. The standard InChI is InChI=1S/C5H11S/c1-4-6(3)5-2/h4H,3,5H2,1-2H3/q-1. The van der Waals surface area contributed by atoms with Crippen molar-refractivity contribution in [3.8, 4) is 0 Å². The molecule has 0 aliphatic heterocycles. The molecule has 6 heavy (non-hydrogen) atoms. The van der Waals surface area contributed by atoms with E-state index in [1.165, 1.54) is 5.75 Å². The van der Waals surface area contributed by atoms with Gasteiger partial charge in [-0.05, 0) is 0 Å². The minimum Gasteiger partial charge on any atom is -0.482 e. The maximum atomic E-state index is 3.85. The molecule has 0 amide bonds. The van der Waals surface area contributed by atoms with Crippen LogP contribution < -0.4 is 0 Å². The van der Waals surface area contributed by atoms with Crippen molar-refractivity contribution in [2.75, 3.05) is 5.75 Å². The van der Waals surface area contributed by atoms with Crippen LogP contribution >= 0.6 is 0 Å². The molecule has 0 aromatic rings. The summed E-state index contributed by atoms with van der Waals surface area (Å²) < 4.78 is 0. The molecule has 0 aromatic carbocycles. The van der Waals surface area contributed by atoms with Crippen LogP contribution in [0.4, 0.5) is 0 Å². The molecule has 0 saturated heterocycles. The summed E-state index contributed by atoms with van der Waals surface area (Å²) >= 11 is 0. The summed E-state index contributed by atoms with van der Waals surface area (Å²) in [6.45, 7) is 4.20. The lowest BCUT2D eigenvalue weighted by Crippen LogP contribution is -1.78. The van der Waals surface area contributed by atoms with Crippen LogP contribution in [-0.4, -0.2) is 17.0 Å². The van der Waals surface area contributed by atoms with E-state index in [4.69, 9.17) is 0 Å². The zero-order valence-electron chi connectivity index (χ0n) is 4.40. The monoisotopic (exact) mass is 103 g/mol. The van der Waals surface area contributed by atoms with Gasteiger partial charge in [-0.15, -0.1) is 5.75 Å². The van der Waals surface area contributed by atoms with Gasteiger partial charge in [0.1, 0.15) is 0 Å². The fourth-order valence-electron chi connectivity index (χ4n) is 0.167. The Morgan fingerprint density at radius 3 is 2.33 bits per heavy atom. The first-order valence-electron chi connectivity index (χ1n) is 2.10. The van der Waals surface area contributed by atoms with Crippen LogP contribution in [0.15, 0.2) is 0 Å². The first-order valence-corrected chi connectivity index (χ1v) is 3.72. The van der Waals surface area contributed by atoms with Crippen LogP contribution in [0, 0.1) is 0 Å². The average Bonchev–Trinajstić information content (AvgIpc) is 1.65. The van der Waals surface area contributed by atoms with Crippen molar-refractivity contribution in [2.24, 2.45) is 0 Å². The molecular formula is C5H11S-. The van der Waals surface area contributed by atoms with E-state index in [-0.39, 0.29) is 0 Å². The van der Waals surface area contributed by atoms with Gasteiger partial charge in [-0.1, -0.05) is 13.8 Å². The molecule has 0 bridgehead atoms. The number of hydrogen-bond acceptors (Lipinski definition) is 1. The predicted octanol–water partition coefficient (Wildman–Crippen LogP) is 0.879. The van der Waals surface area contributed by atoms with Gasteiger partial charge in [0.05, 0.1) is 0 Å². The molecule has 0 radical (unpaired) electrons. The minimum absolute atomic E-state index is 0.341. The molecule has 0 N–H and O–H groups in total. The fourth-order valence-corrected chi connectivity index (χ4v) is 0.500. The van der Waals surface area contributed by atoms with E-state index >= 15 is 0 Å². The minimum atomic E-state index is 0.341. The third-order valence-electron chi connectivity index (χ3n) is 0.704. The predicted molar refractivity (Wildman–Crippen MR) is 36.8 cm³/mol. The maximum absolute atomic E-state index is 3.85. The van der Waals surface area contributed by atoms with Crippen molar-refractivity contribution < 1.29 is 0 Å². The lowest BCUT2D eigenvalue weighted by atomic mass is 11.0. The van der Waals surface area contributed by atoms with E-state index in [1.54, 1.807) is 0 Å². The topological polar surface area (TPSA) is 0 Å². The van der Waals surface area contributed by atoms with Crippen molar-refractivity contribution in [1.29, 1.82) is 0 Å². The summed E-state index contributed by atoms with van der Waals surface area (Å²) in [6.07, 6.45) is 0. The summed E-state index contributed by atoms with van der Waals surface area (Å²) in [7, 11) is 0.341. The summed E-state index contributed by atoms with van der Waals surface area (Å²) in [4.78, 5) is 0. The number of rotatable bonds is 1. The Morgan fingerprint density at radius 2 is 2.33 bits per heavy atom. The SMILES string of the molecule is C=[S-](=CC)CC. The van der Waals surface area contributed by atoms with E-state index in [1.807, 2.05) is 0 Å². The Hall–Kier alpha value is 0.0900. The van der Waals surface area contributed by atoms with Crippen LogP contribution in [0.3, 0.4) is 0 Å². The van der Waals surface area contributed by atoms with Crippen molar-refractivity contribution in [3.63, 3.8) is 0 Å². The molecule has 1 heteroatoms. The van der Waals surface area contributed by atoms with Gasteiger partial charge in [0.2, 0.25) is 0 Å². The van der Waals surface area contributed by atoms with Crippen LogP contribution in [0.5, 0.6) is 0 Å². The smallest absolute Gasteiger partial charge is 0.0709 e. The molecule has 0 aromatic heterocycles. The molecule has 38 valence electrons. The van der Waals surface area contributed by atoms with Gasteiger partial charge in [0, 0.05) is 0 Å². The average molecular weight is 103 g/mol. The lowest BCUT2D eigenvalue weighted by molar-refractivity contribution is 1.54. The summed E-state index contributed by atoms with van der Waals surface area (Å²) in [6, 6.07) is 0. The molecule has 0 saturated carbocycles. The quantitative estimate of drug-likeness (QED) is 0.341. The van der Waals surface area contributed by atoms with Crippen molar-refractivity contribution >= 4 is 21.3 Å². The summed E-state index contributed by atoms with van der Waals surface area (Å²) in [5, 5.41) is 2.14. The molecule has 0 rings (SSSR count).